The summed E-state index contributed by atoms with van der Waals surface area (Å²) in [5, 5.41) is 0. The van der Waals surface area contributed by atoms with Crippen molar-refractivity contribution in [3.63, 3.8) is 0 Å². The van der Waals surface area contributed by atoms with Crippen LogP contribution in [0.15, 0.2) is 0 Å². The highest BCUT2D eigenvalue weighted by molar-refractivity contribution is 8.31. The van der Waals surface area contributed by atoms with Crippen LogP contribution in [0.2, 0.25) is 0 Å². The summed E-state index contributed by atoms with van der Waals surface area (Å²) in [6.07, 6.45) is 9.57. The number of hydrogen-bond donors (Lipinski definition) is 0. The average Bonchev–Trinajstić information content (AvgIpc) is 1.93. The van der Waals surface area contributed by atoms with Crippen molar-refractivity contribution in [2.45, 2.75) is 32.6 Å². The van der Waals surface area contributed by atoms with Gasteiger partial charge in [-0.25, -0.2) is 3.63 Å². The Morgan fingerprint density at radius 2 is 1.57 bits per heavy atom. The van der Waals surface area contributed by atoms with Crippen molar-refractivity contribution in [2.75, 3.05) is 24.5 Å². The van der Waals surface area contributed by atoms with Crippen LogP contribution >= 0.6 is 10.3 Å². The molecule has 5 heteroatoms. The maximum absolute atomic E-state index is 10.9. The first-order chi connectivity index (χ1) is 6.27. The fraction of sp³-hybridized carbons (Fsp3) is 1.00. The normalized spacial score (nSPS) is 14.3. The van der Waals surface area contributed by atoms with Gasteiger partial charge >= 0.3 is 0 Å². The van der Waals surface area contributed by atoms with E-state index in [0.29, 0.717) is 0 Å². The Morgan fingerprint density at radius 1 is 1.00 bits per heavy atom. The van der Waals surface area contributed by atoms with E-state index in [2.05, 4.69) is 6.92 Å². The third kappa shape index (κ3) is 8.84. The van der Waals surface area contributed by atoms with Crippen molar-refractivity contribution in [1.82, 2.24) is 0 Å². The summed E-state index contributed by atoms with van der Waals surface area (Å²) in [5.41, 5.74) is 0. The highest BCUT2D eigenvalue weighted by atomic mass is 32.3. The molecule has 0 aliphatic heterocycles. The lowest BCUT2D eigenvalue weighted by Crippen LogP contribution is -2.11. The summed E-state index contributed by atoms with van der Waals surface area (Å²) in [4.78, 5) is 0. The van der Waals surface area contributed by atoms with Gasteiger partial charge < -0.3 is 0 Å². The van der Waals surface area contributed by atoms with Crippen molar-refractivity contribution < 1.29 is 12.0 Å². The van der Waals surface area contributed by atoms with Gasteiger partial charge in [0.05, 0.1) is 6.26 Å². The molecule has 0 rings (SSSR count). The quantitative estimate of drug-likeness (QED) is 0.644. The van der Waals surface area contributed by atoms with Gasteiger partial charge in [-0.15, -0.1) is 10.3 Å². The summed E-state index contributed by atoms with van der Waals surface area (Å²) in [7, 11) is -4.70. The highest BCUT2D eigenvalue weighted by Crippen LogP contribution is 2.43. The second kappa shape index (κ2) is 5.98. The zero-order valence-electron chi connectivity index (χ0n) is 9.58. The minimum atomic E-state index is -3.29. The predicted octanol–water partition coefficient (Wildman–Crippen LogP) is 2.52. The molecule has 0 fully saturated rings. The van der Waals surface area contributed by atoms with Crippen LogP contribution in [0.25, 0.3) is 0 Å². The maximum Gasteiger partial charge on any atom is 0.273 e. The third-order valence-electron chi connectivity index (χ3n) is 1.80. The van der Waals surface area contributed by atoms with Gasteiger partial charge in [0.25, 0.3) is 10.1 Å². The van der Waals surface area contributed by atoms with Crippen LogP contribution in [0.3, 0.4) is 0 Å². The van der Waals surface area contributed by atoms with E-state index >= 15 is 0 Å². The van der Waals surface area contributed by atoms with Crippen LogP contribution in [0.4, 0.5) is 0 Å². The molecule has 0 aromatic carbocycles. The van der Waals surface area contributed by atoms with Gasteiger partial charge in [0.15, 0.2) is 0 Å². The monoisotopic (exact) mass is 242 g/mol. The van der Waals surface area contributed by atoms with Crippen molar-refractivity contribution >= 4 is 20.4 Å². The summed E-state index contributed by atoms with van der Waals surface area (Å²) in [6.45, 7) is 2.16. The maximum atomic E-state index is 10.9. The Morgan fingerprint density at radius 3 is 2.00 bits per heavy atom. The number of unbranched alkanes of at least 4 members (excludes halogenated alkanes) is 3. The molecule has 0 atom stereocenters. The van der Waals surface area contributed by atoms with Gasteiger partial charge in [-0.2, -0.15) is 8.42 Å². The lowest BCUT2D eigenvalue weighted by Gasteiger charge is -2.28. The van der Waals surface area contributed by atoms with Crippen LogP contribution in [0.1, 0.15) is 32.6 Å². The van der Waals surface area contributed by atoms with Crippen LogP contribution in [-0.2, 0) is 13.7 Å². The Balaban J connectivity index is 3.84. The van der Waals surface area contributed by atoms with E-state index < -0.39 is 20.4 Å². The molecule has 14 heavy (non-hydrogen) atoms. The van der Waals surface area contributed by atoms with Crippen molar-refractivity contribution in [3.05, 3.63) is 0 Å². The Bertz CT molecular complexity index is 245. The third-order valence-corrected chi connectivity index (χ3v) is 5.53. The number of hydrogen-bond acceptors (Lipinski definition) is 3. The average molecular weight is 242 g/mol. The first kappa shape index (κ1) is 14.3. The molecule has 88 valence electrons. The molecule has 0 heterocycles. The fourth-order valence-electron chi connectivity index (χ4n) is 1.25. The lowest BCUT2D eigenvalue weighted by atomic mass is 10.2. The molecule has 0 unspecified atom stereocenters. The van der Waals surface area contributed by atoms with E-state index in [0.717, 1.165) is 18.4 Å². The SMILES string of the molecule is CCCCCCS(C)(C)OS(C)(=O)=O. The highest BCUT2D eigenvalue weighted by Gasteiger charge is 2.17. The topological polar surface area (TPSA) is 43.4 Å². The summed E-state index contributed by atoms with van der Waals surface area (Å²) in [5.74, 6) is 0.875. The minimum absolute atomic E-state index is 0.875. The first-order valence-corrected chi connectivity index (χ1v) is 9.25. The Kier molecular flexibility index (Phi) is 6.09. The van der Waals surface area contributed by atoms with E-state index in [9.17, 15) is 8.42 Å². The molecule has 0 aromatic rings. The molecule has 0 spiro atoms. The molecule has 0 bridgehead atoms. The summed E-state index contributed by atoms with van der Waals surface area (Å²) < 4.78 is 26.9. The van der Waals surface area contributed by atoms with Gasteiger partial charge in [0, 0.05) is 0 Å². The van der Waals surface area contributed by atoms with Crippen molar-refractivity contribution in [3.8, 4) is 0 Å². The molecule has 3 nitrogen and oxygen atoms in total. The smallest absolute Gasteiger partial charge is 0.221 e. The van der Waals surface area contributed by atoms with E-state index in [-0.39, 0.29) is 0 Å². The van der Waals surface area contributed by atoms with Crippen LogP contribution in [0.5, 0.6) is 0 Å². The van der Waals surface area contributed by atoms with E-state index in [1.165, 1.54) is 19.3 Å². The van der Waals surface area contributed by atoms with E-state index in [1.807, 2.05) is 12.5 Å². The van der Waals surface area contributed by atoms with Crippen LogP contribution in [0, 0.1) is 0 Å². The molecule has 0 aromatic heterocycles. The second-order valence-corrected chi connectivity index (χ2v) is 9.21. The molecule has 0 amide bonds. The Labute approximate surface area is 89.9 Å². The van der Waals surface area contributed by atoms with Gasteiger partial charge in [0.1, 0.15) is 0 Å². The molecule has 0 aliphatic rings. The molecule has 0 N–H and O–H groups in total. The van der Waals surface area contributed by atoms with Gasteiger partial charge in [-0.3, -0.25) is 0 Å². The zero-order chi connectivity index (χ0) is 11.2. The lowest BCUT2D eigenvalue weighted by molar-refractivity contribution is 0.518. The molecule has 0 saturated heterocycles. The zero-order valence-corrected chi connectivity index (χ0v) is 11.2. The van der Waals surface area contributed by atoms with Gasteiger partial charge in [-0.1, -0.05) is 26.2 Å². The van der Waals surface area contributed by atoms with Crippen LogP contribution in [-0.4, -0.2) is 32.9 Å². The molecular formula is C9H22O3S2. The summed E-state index contributed by atoms with van der Waals surface area (Å²) in [6, 6.07) is 0. The summed E-state index contributed by atoms with van der Waals surface area (Å²) >= 11 is 0. The van der Waals surface area contributed by atoms with E-state index in [4.69, 9.17) is 3.63 Å². The number of rotatable bonds is 7. The molecule has 0 saturated carbocycles. The predicted molar refractivity (Wildman–Crippen MR) is 64.4 cm³/mol. The largest absolute Gasteiger partial charge is 0.273 e. The van der Waals surface area contributed by atoms with Crippen LogP contribution < -0.4 is 0 Å². The second-order valence-electron chi connectivity index (χ2n) is 3.97. The molecule has 0 aliphatic carbocycles. The van der Waals surface area contributed by atoms with E-state index in [1.54, 1.807) is 0 Å². The first-order valence-electron chi connectivity index (χ1n) is 4.89. The van der Waals surface area contributed by atoms with Crippen molar-refractivity contribution in [2.24, 2.45) is 0 Å². The standard InChI is InChI=1S/C9H22O3S2/c1-5-6-7-8-9-13(2,3)12-14(4,10)11/h5-9H2,1-4H3. The Hall–Kier alpha value is 0.260. The molecule has 0 radical (unpaired) electrons. The molecular weight excluding hydrogens is 220 g/mol. The minimum Gasteiger partial charge on any atom is -0.221 e. The van der Waals surface area contributed by atoms with Gasteiger partial charge in [-0.05, 0) is 24.7 Å². The van der Waals surface area contributed by atoms with Crippen molar-refractivity contribution in [1.29, 1.82) is 0 Å². The fourth-order valence-corrected chi connectivity index (χ4v) is 5.09. The van der Waals surface area contributed by atoms with Gasteiger partial charge in [0.2, 0.25) is 0 Å².